The lowest BCUT2D eigenvalue weighted by Gasteiger charge is -2.52. The number of piperidine rings is 1. The van der Waals surface area contributed by atoms with E-state index in [1.165, 1.54) is 0 Å². The third-order valence-corrected chi connectivity index (χ3v) is 8.32. The van der Waals surface area contributed by atoms with Crippen LogP contribution in [0.15, 0.2) is 66.7 Å². The van der Waals surface area contributed by atoms with Crippen molar-refractivity contribution in [2.24, 2.45) is 0 Å². The second-order valence-electron chi connectivity index (χ2n) is 11.4. The second kappa shape index (κ2) is 10.2. The lowest BCUT2D eigenvalue weighted by Crippen LogP contribution is -2.60. The summed E-state index contributed by atoms with van der Waals surface area (Å²) in [6.45, 7) is 9.52. The summed E-state index contributed by atoms with van der Waals surface area (Å²) in [5, 5.41) is 0.874. The van der Waals surface area contributed by atoms with Gasteiger partial charge in [-0.1, -0.05) is 65.7 Å². The number of hydrogen-bond donors (Lipinski definition) is 0. The summed E-state index contributed by atoms with van der Waals surface area (Å²) in [5.74, 6) is -1.15. The number of ether oxygens (including phenoxy) is 1. The maximum Gasteiger partial charge on any atom is 0.421 e. The first-order chi connectivity index (χ1) is 18.9. The van der Waals surface area contributed by atoms with Crippen molar-refractivity contribution >= 4 is 46.8 Å². The number of hydrogen-bond acceptors (Lipinski definition) is 4. The zero-order chi connectivity index (χ0) is 29.0. The number of amides is 3. The number of halogens is 2. The van der Waals surface area contributed by atoms with Crippen LogP contribution < -0.4 is 4.90 Å². The summed E-state index contributed by atoms with van der Waals surface area (Å²) >= 11 is 12.9. The fourth-order valence-corrected chi connectivity index (χ4v) is 6.71. The molecule has 3 atom stereocenters. The first-order valence-electron chi connectivity index (χ1n) is 13.4. The molecule has 2 aliphatic heterocycles. The number of aryl methyl sites for hydroxylation is 1. The summed E-state index contributed by atoms with van der Waals surface area (Å²) in [7, 11) is 0. The van der Waals surface area contributed by atoms with E-state index in [9.17, 15) is 9.59 Å². The zero-order valence-electron chi connectivity index (χ0n) is 23.2. The van der Waals surface area contributed by atoms with Gasteiger partial charge >= 0.3 is 6.09 Å². The Morgan fingerprint density at radius 2 is 1.70 bits per heavy atom. The third kappa shape index (κ3) is 4.47. The monoisotopic (exact) mass is 578 g/mol. The molecule has 0 N–H and O–H groups in total. The standard InChI is InChI=1S/C32H32Cl2N2O4/c1-6-35-27(37)18-25(20-11-9-12-21(33)16-20)32(28(35)23-13-8-7-10-19(23)2)24-15-14-22(34)17-26(24)36(29(32)38)30(39)40-31(3,4)5/h7-17,25,28H,6,18H2,1-5H3. The SMILES string of the molecule is CCN1C(=O)CC(c2cccc(Cl)c2)C2(C(=O)N(C(=O)OC(C)(C)C)c3cc(Cl)ccc32)C1c1ccccc1C. The minimum atomic E-state index is -1.36. The third-order valence-electron chi connectivity index (χ3n) is 7.85. The van der Waals surface area contributed by atoms with E-state index in [4.69, 9.17) is 27.9 Å². The number of anilines is 1. The van der Waals surface area contributed by atoms with Crippen molar-refractivity contribution in [2.45, 2.75) is 64.0 Å². The molecule has 5 rings (SSSR count). The zero-order valence-corrected chi connectivity index (χ0v) is 24.7. The number of rotatable bonds is 3. The molecule has 0 bridgehead atoms. The maximum absolute atomic E-state index is 15.1. The molecule has 0 aromatic heterocycles. The van der Waals surface area contributed by atoms with Gasteiger partial charge in [0.25, 0.3) is 0 Å². The molecule has 3 aromatic carbocycles. The molecule has 2 heterocycles. The van der Waals surface area contributed by atoms with E-state index in [0.29, 0.717) is 27.8 Å². The Kier molecular flexibility index (Phi) is 7.22. The van der Waals surface area contributed by atoms with Crippen molar-refractivity contribution in [3.63, 3.8) is 0 Å². The molecule has 40 heavy (non-hydrogen) atoms. The molecular weight excluding hydrogens is 547 g/mol. The van der Waals surface area contributed by atoms with Gasteiger partial charge in [0.2, 0.25) is 11.8 Å². The molecule has 1 spiro atoms. The fourth-order valence-electron chi connectivity index (χ4n) is 6.34. The van der Waals surface area contributed by atoms with Crippen LogP contribution in [0.3, 0.4) is 0 Å². The molecule has 1 fully saturated rings. The van der Waals surface area contributed by atoms with E-state index in [0.717, 1.165) is 21.6 Å². The summed E-state index contributed by atoms with van der Waals surface area (Å²) in [5.41, 5.74) is 1.30. The normalized spacial score (nSPS) is 22.6. The van der Waals surface area contributed by atoms with Crippen LogP contribution >= 0.6 is 23.2 Å². The molecule has 3 amide bonds. The van der Waals surface area contributed by atoms with E-state index >= 15 is 4.79 Å². The van der Waals surface area contributed by atoms with Crippen molar-refractivity contribution in [1.29, 1.82) is 0 Å². The summed E-state index contributed by atoms with van der Waals surface area (Å²) in [6, 6.07) is 19.5. The molecular formula is C32H32Cl2N2O4. The molecule has 0 saturated carbocycles. The Morgan fingerprint density at radius 1 is 1.00 bits per heavy atom. The Bertz CT molecular complexity index is 1510. The van der Waals surface area contributed by atoms with Gasteiger partial charge in [-0.25, -0.2) is 9.69 Å². The highest BCUT2D eigenvalue weighted by atomic mass is 35.5. The summed E-state index contributed by atoms with van der Waals surface area (Å²) in [4.78, 5) is 45.6. The molecule has 2 aliphatic rings. The molecule has 3 aromatic rings. The van der Waals surface area contributed by atoms with Crippen LogP contribution in [0.5, 0.6) is 0 Å². The average Bonchev–Trinajstić information content (AvgIpc) is 3.12. The highest BCUT2D eigenvalue weighted by molar-refractivity contribution is 6.32. The van der Waals surface area contributed by atoms with Crippen molar-refractivity contribution in [3.05, 3.63) is 99.0 Å². The smallest absolute Gasteiger partial charge is 0.421 e. The van der Waals surface area contributed by atoms with Crippen molar-refractivity contribution in [2.75, 3.05) is 11.4 Å². The lowest BCUT2D eigenvalue weighted by molar-refractivity contribution is -0.145. The van der Waals surface area contributed by atoms with Gasteiger partial charge in [0.1, 0.15) is 11.0 Å². The van der Waals surface area contributed by atoms with Crippen molar-refractivity contribution in [1.82, 2.24) is 4.90 Å². The molecule has 6 nitrogen and oxygen atoms in total. The number of imide groups is 1. The number of likely N-dealkylation sites (N-methyl/N-ethyl adjacent to an activating group) is 1. The first kappa shape index (κ1) is 28.2. The van der Waals surface area contributed by atoms with E-state index in [1.54, 1.807) is 49.9 Å². The number of benzene rings is 3. The number of nitrogens with zero attached hydrogens (tertiary/aromatic N) is 2. The predicted molar refractivity (Wildman–Crippen MR) is 157 cm³/mol. The van der Waals surface area contributed by atoms with Crippen LogP contribution in [-0.2, 0) is 19.7 Å². The molecule has 208 valence electrons. The van der Waals surface area contributed by atoms with E-state index < -0.39 is 35.0 Å². The van der Waals surface area contributed by atoms with Crippen LogP contribution in [0, 0.1) is 6.92 Å². The van der Waals surface area contributed by atoms with Crippen LogP contribution in [0.1, 0.15) is 68.3 Å². The largest absolute Gasteiger partial charge is 0.443 e. The quantitative estimate of drug-likeness (QED) is 0.321. The predicted octanol–water partition coefficient (Wildman–Crippen LogP) is 7.60. The fraction of sp³-hybridized carbons (Fsp3) is 0.344. The molecule has 0 radical (unpaired) electrons. The minimum Gasteiger partial charge on any atom is -0.443 e. The van der Waals surface area contributed by atoms with Gasteiger partial charge in [-0.05, 0) is 81.1 Å². The van der Waals surface area contributed by atoms with E-state index in [-0.39, 0.29) is 12.3 Å². The van der Waals surface area contributed by atoms with Gasteiger partial charge in [0, 0.05) is 28.9 Å². The molecule has 1 saturated heterocycles. The van der Waals surface area contributed by atoms with Crippen molar-refractivity contribution < 1.29 is 19.1 Å². The van der Waals surface area contributed by atoms with Gasteiger partial charge in [0.15, 0.2) is 0 Å². The lowest BCUT2D eigenvalue weighted by atomic mass is 9.58. The minimum absolute atomic E-state index is 0.0620. The van der Waals surface area contributed by atoms with E-state index in [2.05, 4.69) is 0 Å². The first-order valence-corrected chi connectivity index (χ1v) is 14.1. The van der Waals surface area contributed by atoms with Gasteiger partial charge in [0.05, 0.1) is 11.7 Å². The summed E-state index contributed by atoms with van der Waals surface area (Å²) < 4.78 is 5.74. The maximum atomic E-state index is 15.1. The topological polar surface area (TPSA) is 66.9 Å². The van der Waals surface area contributed by atoms with Crippen LogP contribution in [0.4, 0.5) is 10.5 Å². The Balaban J connectivity index is 1.88. The number of carbonyl (C=O) groups is 3. The van der Waals surface area contributed by atoms with Gasteiger partial charge < -0.3 is 9.64 Å². The highest BCUT2D eigenvalue weighted by Crippen LogP contribution is 2.62. The Morgan fingerprint density at radius 3 is 2.35 bits per heavy atom. The van der Waals surface area contributed by atoms with Crippen LogP contribution in [0.2, 0.25) is 10.0 Å². The Hall–Kier alpha value is -3.35. The van der Waals surface area contributed by atoms with Gasteiger partial charge in [-0.3, -0.25) is 9.59 Å². The van der Waals surface area contributed by atoms with Crippen molar-refractivity contribution in [3.8, 4) is 0 Å². The van der Waals surface area contributed by atoms with Gasteiger partial charge in [-0.2, -0.15) is 0 Å². The average molecular weight is 580 g/mol. The van der Waals surface area contributed by atoms with Crippen LogP contribution in [0.25, 0.3) is 0 Å². The van der Waals surface area contributed by atoms with E-state index in [1.807, 2.05) is 56.3 Å². The van der Waals surface area contributed by atoms with Gasteiger partial charge in [-0.15, -0.1) is 0 Å². The Labute approximate surface area is 244 Å². The number of fused-ring (bicyclic) bond motifs is 2. The van der Waals surface area contributed by atoms with Crippen LogP contribution in [-0.4, -0.2) is 35.0 Å². The molecule has 8 heteroatoms. The molecule has 0 aliphatic carbocycles. The highest BCUT2D eigenvalue weighted by Gasteiger charge is 2.66. The second-order valence-corrected chi connectivity index (χ2v) is 12.3. The molecule has 3 unspecified atom stereocenters. The number of likely N-dealkylation sites (tertiary alicyclic amines) is 1. The number of carbonyl (C=O) groups excluding carboxylic acids is 3. The summed E-state index contributed by atoms with van der Waals surface area (Å²) in [6.07, 6.45) is -0.724.